The molecule has 2 aromatic rings. The summed E-state index contributed by atoms with van der Waals surface area (Å²) >= 11 is 3.31. The summed E-state index contributed by atoms with van der Waals surface area (Å²) in [5, 5.41) is 4.46. The second-order valence-electron chi connectivity index (χ2n) is 6.01. The van der Waals surface area contributed by atoms with E-state index in [-0.39, 0.29) is 5.41 Å². The molecule has 0 spiro atoms. The predicted octanol–water partition coefficient (Wildman–Crippen LogP) is 4.71. The number of aromatic nitrogens is 1. The summed E-state index contributed by atoms with van der Waals surface area (Å²) in [4.78, 5) is 12.2. The van der Waals surface area contributed by atoms with Gasteiger partial charge in [0.05, 0.1) is 11.9 Å². The van der Waals surface area contributed by atoms with E-state index in [1.807, 2.05) is 24.3 Å². The average molecular weight is 366 g/mol. The van der Waals surface area contributed by atoms with Crippen LogP contribution in [0.5, 0.6) is 0 Å². The molecule has 22 heavy (non-hydrogen) atoms. The largest absolute Gasteiger partial charge is 0.462 e. The van der Waals surface area contributed by atoms with Crippen molar-refractivity contribution in [1.29, 1.82) is 0 Å². The van der Waals surface area contributed by atoms with Gasteiger partial charge in [-0.15, -0.1) is 0 Å². The minimum absolute atomic E-state index is 0.0767. The number of carbonyl (C=O) groups excluding carboxylic acids is 1. The molecule has 0 aliphatic carbocycles. The minimum Gasteiger partial charge on any atom is -0.462 e. The normalized spacial score (nSPS) is 11.5. The van der Waals surface area contributed by atoms with Gasteiger partial charge in [-0.2, -0.15) is 0 Å². The molecule has 1 aromatic heterocycles. The van der Waals surface area contributed by atoms with Crippen LogP contribution in [-0.4, -0.2) is 17.7 Å². The molecule has 0 atom stereocenters. The van der Waals surface area contributed by atoms with Crippen LogP contribution in [-0.2, 0) is 15.5 Å². The van der Waals surface area contributed by atoms with Crippen molar-refractivity contribution < 1.29 is 14.1 Å². The first-order chi connectivity index (χ1) is 10.4. The Bertz CT molecular complexity index is 654. The van der Waals surface area contributed by atoms with Crippen LogP contribution < -0.4 is 0 Å². The summed E-state index contributed by atoms with van der Waals surface area (Å²) < 4.78 is 10.4. The third-order valence-electron chi connectivity index (χ3n) is 3.39. The molecule has 0 amide bonds. The Morgan fingerprint density at radius 1 is 1.27 bits per heavy atom. The van der Waals surface area contributed by atoms with E-state index in [2.05, 4.69) is 41.9 Å². The summed E-state index contributed by atoms with van der Waals surface area (Å²) in [6.07, 6.45) is 0. The lowest BCUT2D eigenvalue weighted by molar-refractivity contribution is 0.0525. The zero-order chi connectivity index (χ0) is 16.3. The van der Waals surface area contributed by atoms with E-state index in [1.165, 1.54) is 5.56 Å². The number of alkyl halides is 1. The Hall–Kier alpha value is -1.62. The molecule has 0 saturated carbocycles. The van der Waals surface area contributed by atoms with Gasteiger partial charge in [-0.05, 0) is 17.9 Å². The van der Waals surface area contributed by atoms with Crippen molar-refractivity contribution in [2.45, 2.75) is 38.4 Å². The van der Waals surface area contributed by atoms with Crippen LogP contribution in [0.15, 0.2) is 28.8 Å². The summed E-state index contributed by atoms with van der Waals surface area (Å²) in [5.41, 5.74) is 3.05. The van der Waals surface area contributed by atoms with Crippen molar-refractivity contribution in [2.24, 2.45) is 0 Å². The zero-order valence-corrected chi connectivity index (χ0v) is 14.9. The summed E-state index contributed by atoms with van der Waals surface area (Å²) in [6.45, 7) is 8.56. The Balaban J connectivity index is 2.44. The Morgan fingerprint density at radius 3 is 2.41 bits per heavy atom. The van der Waals surface area contributed by atoms with Gasteiger partial charge < -0.3 is 9.26 Å². The molecule has 1 aromatic carbocycles. The lowest BCUT2D eigenvalue weighted by atomic mass is 9.86. The topological polar surface area (TPSA) is 52.3 Å². The van der Waals surface area contributed by atoms with Gasteiger partial charge in [-0.1, -0.05) is 66.1 Å². The molecular weight excluding hydrogens is 346 g/mol. The van der Waals surface area contributed by atoms with Gasteiger partial charge in [0.2, 0.25) is 0 Å². The Morgan fingerprint density at radius 2 is 1.91 bits per heavy atom. The third kappa shape index (κ3) is 3.40. The number of hydrogen-bond acceptors (Lipinski definition) is 4. The van der Waals surface area contributed by atoms with E-state index in [4.69, 9.17) is 9.26 Å². The van der Waals surface area contributed by atoms with Crippen molar-refractivity contribution in [2.75, 3.05) is 6.61 Å². The quantitative estimate of drug-likeness (QED) is 0.581. The highest BCUT2D eigenvalue weighted by Crippen LogP contribution is 2.30. The van der Waals surface area contributed by atoms with Crippen LogP contribution in [0, 0.1) is 0 Å². The van der Waals surface area contributed by atoms with Gasteiger partial charge in [0.25, 0.3) is 0 Å². The molecule has 0 N–H and O–H groups in total. The zero-order valence-electron chi connectivity index (χ0n) is 13.3. The fraction of sp³-hybridized carbons (Fsp3) is 0.412. The number of carbonyl (C=O) groups is 1. The average Bonchev–Trinajstić information content (AvgIpc) is 2.90. The maximum absolute atomic E-state index is 12.2. The smallest absolute Gasteiger partial charge is 0.344 e. The Labute approximate surface area is 139 Å². The highest BCUT2D eigenvalue weighted by molar-refractivity contribution is 9.08. The molecule has 0 fully saturated rings. The van der Waals surface area contributed by atoms with Gasteiger partial charge in [0.15, 0.2) is 5.76 Å². The molecule has 0 unspecified atom stereocenters. The summed E-state index contributed by atoms with van der Waals surface area (Å²) in [5.74, 6) is 0.0708. The molecule has 5 heteroatoms. The molecule has 0 bridgehead atoms. The number of halogens is 1. The number of ether oxygens (including phenoxy) is 1. The van der Waals surface area contributed by atoms with Gasteiger partial charge in [0.1, 0.15) is 11.3 Å². The van der Waals surface area contributed by atoms with Crippen LogP contribution in [0.3, 0.4) is 0 Å². The first-order valence-electron chi connectivity index (χ1n) is 7.21. The van der Waals surface area contributed by atoms with Crippen LogP contribution >= 0.6 is 15.9 Å². The van der Waals surface area contributed by atoms with E-state index < -0.39 is 5.97 Å². The van der Waals surface area contributed by atoms with Crippen molar-refractivity contribution in [3.05, 3.63) is 41.2 Å². The van der Waals surface area contributed by atoms with Crippen LogP contribution in [0.1, 0.15) is 49.4 Å². The van der Waals surface area contributed by atoms with Crippen LogP contribution in [0.2, 0.25) is 0 Å². The van der Waals surface area contributed by atoms with Gasteiger partial charge in [-0.25, -0.2) is 4.79 Å². The first-order valence-corrected chi connectivity index (χ1v) is 8.33. The molecule has 2 rings (SSSR count). The molecule has 0 aliphatic rings. The van der Waals surface area contributed by atoms with Crippen molar-refractivity contribution in [1.82, 2.24) is 5.16 Å². The first kappa shape index (κ1) is 16.7. The summed E-state index contributed by atoms with van der Waals surface area (Å²) in [6, 6.07) is 8.01. The highest BCUT2D eigenvalue weighted by atomic mass is 79.9. The van der Waals surface area contributed by atoms with E-state index in [1.54, 1.807) is 6.92 Å². The van der Waals surface area contributed by atoms with E-state index in [0.29, 0.717) is 29.0 Å². The number of hydrogen-bond donors (Lipinski definition) is 0. The lowest BCUT2D eigenvalue weighted by Gasteiger charge is -2.18. The van der Waals surface area contributed by atoms with Gasteiger partial charge in [0, 0.05) is 5.56 Å². The molecule has 0 aliphatic heterocycles. The predicted molar refractivity (Wildman–Crippen MR) is 89.2 cm³/mol. The van der Waals surface area contributed by atoms with Gasteiger partial charge in [-0.3, -0.25) is 0 Å². The molecule has 118 valence electrons. The van der Waals surface area contributed by atoms with E-state index in [9.17, 15) is 4.79 Å². The summed E-state index contributed by atoms with van der Waals surface area (Å²) in [7, 11) is 0. The van der Waals surface area contributed by atoms with Crippen LogP contribution in [0.25, 0.3) is 11.3 Å². The number of nitrogens with zero attached hydrogens (tertiary/aromatic N) is 1. The molecule has 0 saturated heterocycles. The lowest BCUT2D eigenvalue weighted by Crippen LogP contribution is -2.10. The molecule has 0 radical (unpaired) electrons. The second kappa shape index (κ2) is 6.65. The fourth-order valence-corrected chi connectivity index (χ4v) is 2.54. The van der Waals surface area contributed by atoms with Gasteiger partial charge >= 0.3 is 5.97 Å². The van der Waals surface area contributed by atoms with Crippen molar-refractivity contribution >= 4 is 21.9 Å². The SMILES string of the molecule is CCOC(=O)c1c(-c2ccc(C(C)(C)C)cc2)noc1CBr. The molecule has 1 heterocycles. The van der Waals surface area contributed by atoms with Crippen molar-refractivity contribution in [3.63, 3.8) is 0 Å². The standard InChI is InChI=1S/C17H20BrNO3/c1-5-21-16(20)14-13(10-18)22-19-15(14)11-6-8-12(9-7-11)17(2,3)4/h6-9H,5,10H2,1-4H3. The number of rotatable bonds is 4. The molecular formula is C17H20BrNO3. The monoisotopic (exact) mass is 365 g/mol. The van der Waals surface area contributed by atoms with E-state index in [0.717, 1.165) is 5.56 Å². The maximum Gasteiger partial charge on any atom is 0.344 e. The minimum atomic E-state index is -0.409. The second-order valence-corrected chi connectivity index (χ2v) is 6.57. The third-order valence-corrected chi connectivity index (χ3v) is 3.90. The number of esters is 1. The van der Waals surface area contributed by atoms with Crippen LogP contribution in [0.4, 0.5) is 0 Å². The Kier molecular flexibility index (Phi) is 5.06. The maximum atomic E-state index is 12.2. The fourth-order valence-electron chi connectivity index (χ4n) is 2.15. The van der Waals surface area contributed by atoms with E-state index >= 15 is 0 Å². The highest BCUT2D eigenvalue weighted by Gasteiger charge is 2.24. The van der Waals surface area contributed by atoms with Crippen molar-refractivity contribution in [3.8, 4) is 11.3 Å². The number of benzene rings is 1. The molecule has 4 nitrogen and oxygen atoms in total.